The van der Waals surface area contributed by atoms with Crippen molar-refractivity contribution >= 4 is 0 Å². The van der Waals surface area contributed by atoms with Gasteiger partial charge >= 0.3 is 0 Å². The van der Waals surface area contributed by atoms with Crippen molar-refractivity contribution in [3.8, 4) is 6.07 Å². The van der Waals surface area contributed by atoms with Crippen LogP contribution >= 0.6 is 0 Å². The molecule has 0 aromatic rings. The lowest BCUT2D eigenvalue weighted by Gasteiger charge is -2.47. The lowest BCUT2D eigenvalue weighted by Crippen LogP contribution is -2.49. The van der Waals surface area contributed by atoms with Gasteiger partial charge in [-0.05, 0) is 88.6 Å². The molecule has 4 heteroatoms. The van der Waals surface area contributed by atoms with E-state index in [9.17, 15) is 0 Å². The summed E-state index contributed by atoms with van der Waals surface area (Å²) >= 11 is 0. The maximum atomic E-state index is 9.15. The van der Waals surface area contributed by atoms with E-state index in [1.54, 1.807) is 0 Å². The van der Waals surface area contributed by atoms with Crippen LogP contribution in [0.15, 0.2) is 0 Å². The first-order valence-electron chi connectivity index (χ1n) is 8.62. The highest BCUT2D eigenvalue weighted by molar-refractivity contribution is 4.97. The molecule has 6 aliphatic heterocycles. The van der Waals surface area contributed by atoms with Crippen LogP contribution in [0.4, 0.5) is 0 Å². The van der Waals surface area contributed by atoms with Gasteiger partial charge in [-0.25, -0.2) is 0 Å². The molecule has 0 aliphatic carbocycles. The minimum absolute atomic E-state index is 0.342. The zero-order valence-corrected chi connectivity index (χ0v) is 13.2. The predicted octanol–water partition coefficient (Wildman–Crippen LogP) is 1.85. The number of aliphatic hydroxyl groups excluding tert-OH is 1. The van der Waals surface area contributed by atoms with E-state index in [2.05, 4.69) is 15.9 Å². The number of hydrogen-bond acceptors (Lipinski definition) is 4. The molecule has 4 bridgehead atoms. The molecule has 0 aromatic carbocycles. The van der Waals surface area contributed by atoms with Gasteiger partial charge in [-0.3, -0.25) is 0 Å². The largest absolute Gasteiger partial charge is 0.396 e. The van der Waals surface area contributed by atoms with E-state index in [0.29, 0.717) is 17.4 Å². The fourth-order valence-corrected chi connectivity index (χ4v) is 4.46. The van der Waals surface area contributed by atoms with E-state index in [4.69, 9.17) is 10.4 Å². The highest BCUT2D eigenvalue weighted by atomic mass is 16.3. The molecule has 6 heterocycles. The third-order valence-electron chi connectivity index (χ3n) is 6.54. The first-order valence-corrected chi connectivity index (χ1v) is 8.62. The minimum atomic E-state index is 0.342. The molecule has 0 atom stereocenters. The smallest absolute Gasteiger partial charge is 0.0627 e. The molecule has 6 rings (SSSR count). The van der Waals surface area contributed by atoms with Gasteiger partial charge in [0.25, 0.3) is 0 Å². The number of nitrogens with zero attached hydrogens (tertiary/aromatic N) is 3. The zero-order chi connectivity index (χ0) is 14.8. The van der Waals surface area contributed by atoms with Crippen molar-refractivity contribution in [1.29, 1.82) is 5.26 Å². The molecule has 0 spiro atoms. The van der Waals surface area contributed by atoms with Gasteiger partial charge in [0.2, 0.25) is 0 Å². The van der Waals surface area contributed by atoms with Gasteiger partial charge in [-0.2, -0.15) is 5.26 Å². The molecule has 4 nitrogen and oxygen atoms in total. The average Bonchev–Trinajstić information content (AvgIpc) is 2.59. The fourth-order valence-electron chi connectivity index (χ4n) is 4.46. The van der Waals surface area contributed by atoms with Crippen molar-refractivity contribution in [1.82, 2.24) is 9.80 Å². The number of piperidine rings is 6. The summed E-state index contributed by atoms with van der Waals surface area (Å²) in [6.07, 6.45) is 8.26. The molecule has 21 heavy (non-hydrogen) atoms. The molecule has 6 fully saturated rings. The molecule has 6 aliphatic rings. The number of aliphatic hydroxyl groups is 1. The SMILES string of the molecule is N#CCC12CCN(CC1)CC2.OCC12CCN(CC1)CC2. The quantitative estimate of drug-likeness (QED) is 0.843. The van der Waals surface area contributed by atoms with Crippen LogP contribution in [0.2, 0.25) is 0 Å². The number of hydrogen-bond donors (Lipinski definition) is 1. The molecular weight excluding hydrogens is 262 g/mol. The van der Waals surface area contributed by atoms with Crippen LogP contribution in [0, 0.1) is 22.2 Å². The van der Waals surface area contributed by atoms with Gasteiger partial charge in [0.05, 0.1) is 6.07 Å². The Bertz CT molecular complexity index is 360. The topological polar surface area (TPSA) is 50.5 Å². The Kier molecular flexibility index (Phi) is 4.54. The summed E-state index contributed by atoms with van der Waals surface area (Å²) in [5.74, 6) is 0. The second-order valence-electron chi connectivity index (χ2n) is 7.68. The van der Waals surface area contributed by atoms with E-state index in [-0.39, 0.29) is 0 Å². The first kappa shape index (κ1) is 15.3. The third-order valence-corrected chi connectivity index (χ3v) is 6.54. The van der Waals surface area contributed by atoms with E-state index in [0.717, 1.165) is 6.42 Å². The van der Waals surface area contributed by atoms with Crippen LogP contribution in [-0.4, -0.2) is 60.8 Å². The van der Waals surface area contributed by atoms with Gasteiger partial charge < -0.3 is 14.9 Å². The molecule has 1 N–H and O–H groups in total. The van der Waals surface area contributed by atoms with E-state index < -0.39 is 0 Å². The van der Waals surface area contributed by atoms with Crippen molar-refractivity contribution in [3.63, 3.8) is 0 Å². The van der Waals surface area contributed by atoms with Gasteiger partial charge in [0, 0.05) is 13.0 Å². The van der Waals surface area contributed by atoms with Crippen molar-refractivity contribution < 1.29 is 5.11 Å². The van der Waals surface area contributed by atoms with Crippen molar-refractivity contribution in [2.75, 3.05) is 45.9 Å². The lowest BCUT2D eigenvalue weighted by molar-refractivity contribution is -0.0152. The Morgan fingerprint density at radius 1 is 0.762 bits per heavy atom. The summed E-state index contributed by atoms with van der Waals surface area (Å²) in [4.78, 5) is 5.01. The summed E-state index contributed by atoms with van der Waals surface area (Å²) in [5, 5.41) is 17.8. The van der Waals surface area contributed by atoms with E-state index in [1.165, 1.54) is 77.8 Å². The maximum absolute atomic E-state index is 9.15. The summed E-state index contributed by atoms with van der Waals surface area (Å²) < 4.78 is 0. The summed E-state index contributed by atoms with van der Waals surface area (Å²) in [5.41, 5.74) is 0.776. The second kappa shape index (κ2) is 6.24. The monoisotopic (exact) mass is 291 g/mol. The number of rotatable bonds is 2. The molecule has 0 amide bonds. The Labute approximate surface area is 128 Å². The second-order valence-corrected chi connectivity index (χ2v) is 7.68. The van der Waals surface area contributed by atoms with Crippen LogP contribution < -0.4 is 0 Å². The van der Waals surface area contributed by atoms with Crippen LogP contribution in [0.5, 0.6) is 0 Å². The third kappa shape index (κ3) is 3.26. The van der Waals surface area contributed by atoms with Crippen LogP contribution in [0.1, 0.15) is 44.9 Å². The van der Waals surface area contributed by atoms with Gasteiger partial charge in [-0.15, -0.1) is 0 Å². The maximum Gasteiger partial charge on any atom is 0.0627 e. The molecule has 0 saturated carbocycles. The Hall–Kier alpha value is -0.630. The fraction of sp³-hybridized carbons (Fsp3) is 0.941. The molecular formula is C17H29N3O. The van der Waals surface area contributed by atoms with Crippen molar-refractivity contribution in [2.24, 2.45) is 10.8 Å². The molecule has 6 saturated heterocycles. The summed E-state index contributed by atoms with van der Waals surface area (Å²) in [6, 6.07) is 2.34. The molecule has 0 aromatic heterocycles. The lowest BCUT2D eigenvalue weighted by atomic mass is 9.70. The molecule has 0 unspecified atom stereocenters. The average molecular weight is 291 g/mol. The van der Waals surface area contributed by atoms with Crippen LogP contribution in [0.3, 0.4) is 0 Å². The van der Waals surface area contributed by atoms with E-state index >= 15 is 0 Å². The summed E-state index contributed by atoms with van der Waals surface area (Å²) in [7, 11) is 0. The van der Waals surface area contributed by atoms with Crippen molar-refractivity contribution in [2.45, 2.75) is 44.9 Å². The number of nitriles is 1. The molecule has 0 radical (unpaired) electrons. The van der Waals surface area contributed by atoms with Gasteiger partial charge in [0.15, 0.2) is 0 Å². The molecule has 118 valence electrons. The standard InChI is InChI=1S/C9H14N2.C8H15NO/c10-5-1-9-2-6-11(7-3-9)8-4-9;10-7-8-1-4-9(5-2-8)6-3-8/h1-4,6-8H2;10H,1-7H2. The zero-order valence-electron chi connectivity index (χ0n) is 13.2. The van der Waals surface area contributed by atoms with Crippen molar-refractivity contribution in [3.05, 3.63) is 0 Å². The Morgan fingerprint density at radius 2 is 1.14 bits per heavy atom. The number of fused-ring (bicyclic) bond motifs is 6. The normalized spacial score (nSPS) is 43.8. The first-order chi connectivity index (χ1) is 10.2. The highest BCUT2D eigenvalue weighted by Crippen LogP contribution is 2.42. The Balaban J connectivity index is 0.000000126. The van der Waals surface area contributed by atoms with Crippen LogP contribution in [0.25, 0.3) is 0 Å². The minimum Gasteiger partial charge on any atom is -0.396 e. The highest BCUT2D eigenvalue weighted by Gasteiger charge is 2.39. The Morgan fingerprint density at radius 3 is 1.43 bits per heavy atom. The predicted molar refractivity (Wildman–Crippen MR) is 82.8 cm³/mol. The van der Waals surface area contributed by atoms with Gasteiger partial charge in [0.1, 0.15) is 0 Å². The summed E-state index contributed by atoms with van der Waals surface area (Å²) in [6.45, 7) is 7.80. The van der Waals surface area contributed by atoms with E-state index in [1.807, 2.05) is 0 Å². The van der Waals surface area contributed by atoms with Crippen LogP contribution in [-0.2, 0) is 0 Å². The van der Waals surface area contributed by atoms with Gasteiger partial charge in [-0.1, -0.05) is 0 Å².